The van der Waals surface area contributed by atoms with E-state index < -0.39 is 11.6 Å². The lowest BCUT2D eigenvalue weighted by atomic mass is 10.00. The summed E-state index contributed by atoms with van der Waals surface area (Å²) in [6.07, 6.45) is 1.71. The Kier molecular flexibility index (Phi) is 7.38. The normalized spacial score (nSPS) is 18.4. The summed E-state index contributed by atoms with van der Waals surface area (Å²) in [4.78, 5) is 31.1. The summed E-state index contributed by atoms with van der Waals surface area (Å²) in [5.41, 5.74) is 7.19. The fourth-order valence-corrected chi connectivity index (χ4v) is 4.37. The maximum Gasteiger partial charge on any atom is 0.410 e. The molecule has 2 heterocycles. The standard InChI is InChI=1S/C23H36N4O5/c1-23(2,3)32-22(29)27-12-10-25(11-13-27)16-6-8-26(9-7-16)19-15-20(30-4)18(24)14-17(19)21(28)31-5/h14-16H,6-13,24H2,1-5H3. The summed E-state index contributed by atoms with van der Waals surface area (Å²) >= 11 is 0. The van der Waals surface area contributed by atoms with E-state index in [1.165, 1.54) is 7.11 Å². The maximum absolute atomic E-state index is 12.3. The number of rotatable bonds is 4. The van der Waals surface area contributed by atoms with Crippen molar-refractivity contribution >= 4 is 23.4 Å². The Balaban J connectivity index is 1.59. The first-order valence-corrected chi connectivity index (χ1v) is 11.2. The summed E-state index contributed by atoms with van der Waals surface area (Å²) in [7, 11) is 2.94. The van der Waals surface area contributed by atoms with Crippen molar-refractivity contribution < 1.29 is 23.8 Å². The average Bonchev–Trinajstić information content (AvgIpc) is 2.77. The van der Waals surface area contributed by atoms with Crippen molar-refractivity contribution in [1.29, 1.82) is 0 Å². The van der Waals surface area contributed by atoms with Gasteiger partial charge in [0.1, 0.15) is 11.4 Å². The number of piperazine rings is 1. The number of ether oxygens (including phenoxy) is 3. The first-order chi connectivity index (χ1) is 15.1. The molecule has 0 unspecified atom stereocenters. The van der Waals surface area contributed by atoms with Crippen molar-refractivity contribution in [2.24, 2.45) is 0 Å². The molecule has 2 N–H and O–H groups in total. The second-order valence-electron chi connectivity index (χ2n) is 9.32. The predicted octanol–water partition coefficient (Wildman–Crippen LogP) is 2.59. The molecule has 0 aromatic heterocycles. The van der Waals surface area contributed by atoms with Crippen LogP contribution in [0.2, 0.25) is 0 Å². The Morgan fingerprint density at radius 1 is 1.00 bits per heavy atom. The second-order valence-corrected chi connectivity index (χ2v) is 9.32. The Labute approximate surface area is 190 Å². The molecule has 9 nitrogen and oxygen atoms in total. The van der Waals surface area contributed by atoms with Crippen LogP contribution in [-0.2, 0) is 9.47 Å². The third kappa shape index (κ3) is 5.56. The quantitative estimate of drug-likeness (QED) is 0.555. The van der Waals surface area contributed by atoms with Gasteiger partial charge in [0.05, 0.1) is 31.2 Å². The van der Waals surface area contributed by atoms with Gasteiger partial charge in [-0.2, -0.15) is 0 Å². The molecule has 0 atom stereocenters. The molecular weight excluding hydrogens is 412 g/mol. The topological polar surface area (TPSA) is 97.6 Å². The Morgan fingerprint density at radius 3 is 2.16 bits per heavy atom. The number of anilines is 2. The van der Waals surface area contributed by atoms with Crippen LogP contribution < -0.4 is 15.4 Å². The van der Waals surface area contributed by atoms with Gasteiger partial charge < -0.3 is 29.7 Å². The predicted molar refractivity (Wildman–Crippen MR) is 123 cm³/mol. The number of nitrogens with zero attached hydrogens (tertiary/aromatic N) is 3. The van der Waals surface area contributed by atoms with Gasteiger partial charge in [0.2, 0.25) is 0 Å². The van der Waals surface area contributed by atoms with E-state index in [0.29, 0.717) is 36.1 Å². The van der Waals surface area contributed by atoms with Crippen molar-refractivity contribution in [3.63, 3.8) is 0 Å². The Bertz CT molecular complexity index is 822. The average molecular weight is 449 g/mol. The maximum atomic E-state index is 12.3. The van der Waals surface area contributed by atoms with Gasteiger partial charge in [-0.05, 0) is 39.7 Å². The number of piperidine rings is 1. The molecule has 1 aromatic carbocycles. The summed E-state index contributed by atoms with van der Waals surface area (Å²) in [6.45, 7) is 10.3. The van der Waals surface area contributed by atoms with Gasteiger partial charge in [0.25, 0.3) is 0 Å². The molecule has 0 aliphatic carbocycles. The fraction of sp³-hybridized carbons (Fsp3) is 0.652. The molecule has 0 radical (unpaired) electrons. The van der Waals surface area contributed by atoms with Crippen LogP contribution in [-0.4, -0.2) is 87.0 Å². The van der Waals surface area contributed by atoms with Gasteiger partial charge in [0.15, 0.2) is 0 Å². The van der Waals surface area contributed by atoms with Crippen LogP contribution in [0.1, 0.15) is 44.0 Å². The van der Waals surface area contributed by atoms with Gasteiger partial charge in [0, 0.05) is 51.4 Å². The molecule has 1 amide bonds. The van der Waals surface area contributed by atoms with Crippen LogP contribution in [0.3, 0.4) is 0 Å². The number of nitrogens with two attached hydrogens (primary N) is 1. The highest BCUT2D eigenvalue weighted by Crippen LogP contribution is 2.34. The Morgan fingerprint density at radius 2 is 1.62 bits per heavy atom. The molecule has 0 saturated carbocycles. The van der Waals surface area contributed by atoms with E-state index in [1.54, 1.807) is 18.1 Å². The zero-order valence-corrected chi connectivity index (χ0v) is 19.8. The molecule has 9 heteroatoms. The molecule has 2 aliphatic rings. The number of methoxy groups -OCH3 is 2. The number of amides is 1. The number of carbonyl (C=O) groups is 2. The number of esters is 1. The van der Waals surface area contributed by atoms with Crippen molar-refractivity contribution in [1.82, 2.24) is 9.80 Å². The highest BCUT2D eigenvalue weighted by atomic mass is 16.6. The van der Waals surface area contributed by atoms with E-state index in [4.69, 9.17) is 19.9 Å². The van der Waals surface area contributed by atoms with Gasteiger partial charge >= 0.3 is 12.1 Å². The molecule has 0 spiro atoms. The fourth-order valence-electron chi connectivity index (χ4n) is 4.37. The third-order valence-electron chi connectivity index (χ3n) is 6.04. The SMILES string of the molecule is COC(=O)c1cc(N)c(OC)cc1N1CCC(N2CCN(C(=O)OC(C)(C)C)CC2)CC1. The summed E-state index contributed by atoms with van der Waals surface area (Å²) in [5, 5.41) is 0. The van der Waals surface area contributed by atoms with Gasteiger partial charge in [-0.25, -0.2) is 9.59 Å². The molecule has 178 valence electrons. The highest BCUT2D eigenvalue weighted by molar-refractivity contribution is 5.97. The highest BCUT2D eigenvalue weighted by Gasteiger charge is 2.31. The van der Waals surface area contributed by atoms with Crippen molar-refractivity contribution in [3.05, 3.63) is 17.7 Å². The van der Waals surface area contributed by atoms with Crippen LogP contribution in [0, 0.1) is 0 Å². The van der Waals surface area contributed by atoms with Crippen molar-refractivity contribution in [3.8, 4) is 5.75 Å². The van der Waals surface area contributed by atoms with Crippen molar-refractivity contribution in [2.75, 3.05) is 64.1 Å². The van der Waals surface area contributed by atoms with Gasteiger partial charge in [-0.1, -0.05) is 0 Å². The molecule has 1 aromatic rings. The minimum Gasteiger partial charge on any atom is -0.495 e. The zero-order chi connectivity index (χ0) is 23.5. The summed E-state index contributed by atoms with van der Waals surface area (Å²) < 4.78 is 15.8. The smallest absolute Gasteiger partial charge is 0.410 e. The van der Waals surface area contributed by atoms with Crippen LogP contribution >= 0.6 is 0 Å². The van der Waals surface area contributed by atoms with Gasteiger partial charge in [-0.15, -0.1) is 0 Å². The van der Waals surface area contributed by atoms with Crippen LogP contribution in [0.4, 0.5) is 16.2 Å². The van der Waals surface area contributed by atoms with Crippen LogP contribution in [0.5, 0.6) is 5.75 Å². The monoisotopic (exact) mass is 448 g/mol. The molecule has 2 saturated heterocycles. The van der Waals surface area contributed by atoms with Crippen LogP contribution in [0.25, 0.3) is 0 Å². The summed E-state index contributed by atoms with van der Waals surface area (Å²) in [5.74, 6) is 0.141. The molecule has 32 heavy (non-hydrogen) atoms. The van der Waals surface area contributed by atoms with E-state index in [1.807, 2.05) is 26.8 Å². The molecule has 3 rings (SSSR count). The lowest BCUT2D eigenvalue weighted by Gasteiger charge is -2.43. The first-order valence-electron chi connectivity index (χ1n) is 11.2. The molecule has 2 aliphatic heterocycles. The van der Waals surface area contributed by atoms with Crippen molar-refractivity contribution in [2.45, 2.75) is 45.3 Å². The van der Waals surface area contributed by atoms with E-state index in [0.717, 1.165) is 44.7 Å². The largest absolute Gasteiger partial charge is 0.495 e. The number of nitrogen functional groups attached to an aromatic ring is 1. The summed E-state index contributed by atoms with van der Waals surface area (Å²) in [6, 6.07) is 3.90. The number of benzene rings is 1. The first kappa shape index (κ1) is 24.0. The minimum absolute atomic E-state index is 0.236. The number of carbonyl (C=O) groups excluding carboxylic acids is 2. The zero-order valence-electron chi connectivity index (χ0n) is 19.8. The second kappa shape index (κ2) is 9.85. The number of hydrogen-bond donors (Lipinski definition) is 1. The third-order valence-corrected chi connectivity index (χ3v) is 6.04. The molecule has 2 fully saturated rings. The van der Waals surface area contributed by atoms with E-state index in [2.05, 4.69) is 9.80 Å². The number of hydrogen-bond acceptors (Lipinski definition) is 8. The van der Waals surface area contributed by atoms with E-state index >= 15 is 0 Å². The minimum atomic E-state index is -0.477. The van der Waals surface area contributed by atoms with Gasteiger partial charge in [-0.3, -0.25) is 4.90 Å². The van der Waals surface area contributed by atoms with E-state index in [-0.39, 0.29) is 6.09 Å². The van der Waals surface area contributed by atoms with Crippen LogP contribution in [0.15, 0.2) is 12.1 Å². The lowest BCUT2D eigenvalue weighted by molar-refractivity contribution is 0.00899. The Hall–Kier alpha value is -2.68. The van der Waals surface area contributed by atoms with E-state index in [9.17, 15) is 9.59 Å². The lowest BCUT2D eigenvalue weighted by Crippen LogP contribution is -2.55. The molecule has 0 bridgehead atoms. The molecular formula is C23H36N4O5.